The predicted octanol–water partition coefficient (Wildman–Crippen LogP) is 0.554. The molecule has 0 aliphatic rings. The molecule has 1 aromatic heterocycles. The Morgan fingerprint density at radius 3 is 2.47 bits per heavy atom. The van der Waals surface area contributed by atoms with Crippen LogP contribution in [0, 0.1) is 0 Å². The SMILES string of the molecule is CCCN(CCC)C(=O)Cn1nncc1CC(=O)O. The third-order valence-electron chi connectivity index (χ3n) is 2.66. The molecular formula is C12H20N4O3. The number of amides is 1. The molecule has 7 nitrogen and oxygen atoms in total. The van der Waals surface area contributed by atoms with E-state index in [0.29, 0.717) is 18.8 Å². The quantitative estimate of drug-likeness (QED) is 0.744. The maximum Gasteiger partial charge on any atom is 0.309 e. The molecule has 0 atom stereocenters. The fourth-order valence-electron chi connectivity index (χ4n) is 1.83. The smallest absolute Gasteiger partial charge is 0.309 e. The monoisotopic (exact) mass is 268 g/mol. The van der Waals surface area contributed by atoms with Gasteiger partial charge < -0.3 is 10.0 Å². The van der Waals surface area contributed by atoms with Crippen molar-refractivity contribution in [2.75, 3.05) is 13.1 Å². The molecule has 0 aliphatic carbocycles. The standard InChI is InChI=1S/C12H20N4O3/c1-3-5-15(6-4-2)11(17)9-16-10(7-12(18)19)8-13-14-16/h8H,3-7,9H2,1-2H3,(H,18,19). The van der Waals surface area contributed by atoms with E-state index in [1.807, 2.05) is 13.8 Å². The number of aromatic nitrogens is 3. The van der Waals surface area contributed by atoms with E-state index in [0.717, 1.165) is 12.8 Å². The number of carboxylic acids is 1. The summed E-state index contributed by atoms with van der Waals surface area (Å²) in [4.78, 5) is 24.6. The number of hydrogen-bond acceptors (Lipinski definition) is 4. The van der Waals surface area contributed by atoms with Crippen LogP contribution in [-0.4, -0.2) is 50.0 Å². The van der Waals surface area contributed by atoms with Crippen LogP contribution in [0.5, 0.6) is 0 Å². The van der Waals surface area contributed by atoms with Gasteiger partial charge in [-0.05, 0) is 12.8 Å². The van der Waals surface area contributed by atoms with Crippen LogP contribution in [0.25, 0.3) is 0 Å². The fourth-order valence-corrected chi connectivity index (χ4v) is 1.83. The van der Waals surface area contributed by atoms with Gasteiger partial charge in [0.1, 0.15) is 6.54 Å². The number of aliphatic carboxylic acids is 1. The third-order valence-corrected chi connectivity index (χ3v) is 2.66. The second-order valence-corrected chi connectivity index (χ2v) is 4.33. The first-order chi connectivity index (χ1) is 9.08. The van der Waals surface area contributed by atoms with Crippen LogP contribution < -0.4 is 0 Å². The average molecular weight is 268 g/mol. The number of hydrogen-bond donors (Lipinski definition) is 1. The normalized spacial score (nSPS) is 10.4. The summed E-state index contributed by atoms with van der Waals surface area (Å²) in [6, 6.07) is 0. The molecule has 0 unspecified atom stereocenters. The van der Waals surface area contributed by atoms with Crippen molar-refractivity contribution in [2.45, 2.75) is 39.7 Å². The van der Waals surface area contributed by atoms with Crippen molar-refractivity contribution in [3.8, 4) is 0 Å². The van der Waals surface area contributed by atoms with Crippen LogP contribution in [-0.2, 0) is 22.6 Å². The van der Waals surface area contributed by atoms with E-state index in [2.05, 4.69) is 10.3 Å². The lowest BCUT2D eigenvalue weighted by atomic mass is 10.3. The molecule has 0 aromatic carbocycles. The van der Waals surface area contributed by atoms with Crippen LogP contribution in [0.4, 0.5) is 0 Å². The zero-order valence-electron chi connectivity index (χ0n) is 11.4. The third kappa shape index (κ3) is 4.69. The molecule has 1 N–H and O–H groups in total. The molecule has 1 amide bonds. The minimum atomic E-state index is -0.963. The van der Waals surface area contributed by atoms with Crippen molar-refractivity contribution < 1.29 is 14.7 Å². The van der Waals surface area contributed by atoms with Crippen LogP contribution >= 0.6 is 0 Å². The number of carbonyl (C=O) groups excluding carboxylic acids is 1. The van der Waals surface area contributed by atoms with Gasteiger partial charge in [-0.1, -0.05) is 19.1 Å². The molecule has 1 heterocycles. The van der Waals surface area contributed by atoms with Crippen molar-refractivity contribution in [3.05, 3.63) is 11.9 Å². The van der Waals surface area contributed by atoms with Crippen LogP contribution in [0.15, 0.2) is 6.20 Å². The second-order valence-electron chi connectivity index (χ2n) is 4.33. The topological polar surface area (TPSA) is 88.3 Å². The fraction of sp³-hybridized carbons (Fsp3) is 0.667. The summed E-state index contributed by atoms with van der Waals surface area (Å²) in [5, 5.41) is 16.2. The molecule has 19 heavy (non-hydrogen) atoms. The van der Waals surface area contributed by atoms with Gasteiger partial charge in [-0.15, -0.1) is 5.10 Å². The van der Waals surface area contributed by atoms with Gasteiger partial charge >= 0.3 is 5.97 Å². The molecule has 0 fully saturated rings. The Morgan fingerprint density at radius 2 is 1.95 bits per heavy atom. The summed E-state index contributed by atoms with van der Waals surface area (Å²) in [7, 11) is 0. The maximum absolute atomic E-state index is 12.1. The highest BCUT2D eigenvalue weighted by atomic mass is 16.4. The molecule has 106 valence electrons. The summed E-state index contributed by atoms with van der Waals surface area (Å²) in [5.74, 6) is -1.02. The van der Waals surface area contributed by atoms with Crippen LogP contribution in [0.3, 0.4) is 0 Å². The molecular weight excluding hydrogens is 248 g/mol. The lowest BCUT2D eigenvalue weighted by Crippen LogP contribution is -2.35. The Hall–Kier alpha value is -1.92. The second kappa shape index (κ2) is 7.50. The summed E-state index contributed by atoms with van der Waals surface area (Å²) < 4.78 is 1.36. The van der Waals surface area contributed by atoms with E-state index in [1.54, 1.807) is 4.90 Å². The predicted molar refractivity (Wildman–Crippen MR) is 68.5 cm³/mol. The summed E-state index contributed by atoms with van der Waals surface area (Å²) >= 11 is 0. The Bertz CT molecular complexity index is 424. The Balaban J connectivity index is 2.69. The highest BCUT2D eigenvalue weighted by Crippen LogP contribution is 2.02. The summed E-state index contributed by atoms with van der Waals surface area (Å²) in [5.41, 5.74) is 0.439. The Kier molecular flexibility index (Phi) is 5.98. The van der Waals surface area contributed by atoms with Crippen molar-refractivity contribution >= 4 is 11.9 Å². The van der Waals surface area contributed by atoms with E-state index in [9.17, 15) is 9.59 Å². The van der Waals surface area contributed by atoms with Crippen molar-refractivity contribution in [3.63, 3.8) is 0 Å². The Morgan fingerprint density at radius 1 is 1.32 bits per heavy atom. The van der Waals surface area contributed by atoms with E-state index in [4.69, 9.17) is 5.11 Å². The van der Waals surface area contributed by atoms with E-state index < -0.39 is 5.97 Å². The molecule has 7 heteroatoms. The molecule has 0 saturated heterocycles. The molecule has 0 radical (unpaired) electrons. The molecule has 0 saturated carbocycles. The van der Waals surface area contributed by atoms with Crippen LogP contribution in [0.2, 0.25) is 0 Å². The summed E-state index contributed by atoms with van der Waals surface area (Å²) in [6.45, 7) is 5.48. The van der Waals surface area contributed by atoms with Gasteiger partial charge in [0.25, 0.3) is 0 Å². The molecule has 0 spiro atoms. The van der Waals surface area contributed by atoms with Gasteiger partial charge in [-0.2, -0.15) is 0 Å². The number of carbonyl (C=O) groups is 2. The van der Waals surface area contributed by atoms with Gasteiger partial charge in [-0.3, -0.25) is 9.59 Å². The number of rotatable bonds is 8. The maximum atomic E-state index is 12.1. The van der Waals surface area contributed by atoms with Gasteiger partial charge in [-0.25, -0.2) is 4.68 Å². The minimum Gasteiger partial charge on any atom is -0.481 e. The van der Waals surface area contributed by atoms with Crippen LogP contribution in [0.1, 0.15) is 32.4 Å². The Labute approximate surface area is 112 Å². The largest absolute Gasteiger partial charge is 0.481 e. The van der Waals surface area contributed by atoms with Crippen molar-refractivity contribution in [1.29, 1.82) is 0 Å². The van der Waals surface area contributed by atoms with Crippen molar-refractivity contribution in [2.24, 2.45) is 0 Å². The number of nitrogens with zero attached hydrogens (tertiary/aromatic N) is 4. The first-order valence-electron chi connectivity index (χ1n) is 6.45. The lowest BCUT2D eigenvalue weighted by molar-refractivity contribution is -0.137. The lowest BCUT2D eigenvalue weighted by Gasteiger charge is -2.21. The average Bonchev–Trinajstić information content (AvgIpc) is 2.75. The molecule has 0 aliphatic heterocycles. The van der Waals surface area contributed by atoms with Crippen molar-refractivity contribution in [1.82, 2.24) is 19.9 Å². The highest BCUT2D eigenvalue weighted by Gasteiger charge is 2.16. The summed E-state index contributed by atoms with van der Waals surface area (Å²) in [6.07, 6.45) is 2.99. The van der Waals surface area contributed by atoms with E-state index >= 15 is 0 Å². The zero-order chi connectivity index (χ0) is 14.3. The van der Waals surface area contributed by atoms with Gasteiger partial charge in [0.2, 0.25) is 5.91 Å². The number of carboxylic acid groups (broad SMARTS) is 1. The first kappa shape index (κ1) is 15.1. The molecule has 1 rings (SSSR count). The van der Waals surface area contributed by atoms with Gasteiger partial charge in [0.15, 0.2) is 0 Å². The van der Waals surface area contributed by atoms with Gasteiger partial charge in [0, 0.05) is 13.1 Å². The zero-order valence-corrected chi connectivity index (χ0v) is 11.4. The van der Waals surface area contributed by atoms with E-state index in [1.165, 1.54) is 10.9 Å². The highest BCUT2D eigenvalue weighted by molar-refractivity contribution is 5.76. The molecule has 0 bridgehead atoms. The van der Waals surface area contributed by atoms with Gasteiger partial charge in [0.05, 0.1) is 18.3 Å². The van der Waals surface area contributed by atoms with E-state index in [-0.39, 0.29) is 18.9 Å². The molecule has 1 aromatic rings. The minimum absolute atomic E-state index is 0.0443. The first-order valence-corrected chi connectivity index (χ1v) is 6.45.